The first-order chi connectivity index (χ1) is 18.6. The van der Waals surface area contributed by atoms with E-state index in [1.54, 1.807) is 0 Å². The Bertz CT molecular complexity index is 1620. The van der Waals surface area contributed by atoms with Crippen LogP contribution >= 0.6 is 0 Å². The molecule has 2 unspecified atom stereocenters. The summed E-state index contributed by atoms with van der Waals surface area (Å²) in [7, 11) is 2.15. The van der Waals surface area contributed by atoms with Gasteiger partial charge in [-0.25, -0.2) is 4.57 Å². The predicted molar refractivity (Wildman–Crippen MR) is 156 cm³/mol. The number of fused-ring (bicyclic) bond motifs is 3. The minimum absolute atomic E-state index is 0.225. The van der Waals surface area contributed by atoms with Crippen molar-refractivity contribution in [3.8, 4) is 33.6 Å². The van der Waals surface area contributed by atoms with E-state index in [1.807, 2.05) is 0 Å². The Labute approximate surface area is 226 Å². The van der Waals surface area contributed by atoms with E-state index in [0.29, 0.717) is 5.92 Å². The van der Waals surface area contributed by atoms with Crippen molar-refractivity contribution in [2.24, 2.45) is 7.05 Å². The van der Waals surface area contributed by atoms with Crippen molar-refractivity contribution >= 4 is 0 Å². The van der Waals surface area contributed by atoms with Gasteiger partial charge in [0, 0.05) is 35.4 Å². The molecule has 3 heterocycles. The molecular weight excluding hydrogens is 460 g/mol. The largest absolute Gasteiger partial charge is 0.213 e. The van der Waals surface area contributed by atoms with Gasteiger partial charge in [0.15, 0.2) is 18.4 Å². The van der Waals surface area contributed by atoms with Crippen LogP contribution in [0, 0.1) is 6.92 Å². The minimum Gasteiger partial charge on any atom is -0.201 e. The van der Waals surface area contributed by atoms with E-state index < -0.39 is 0 Å². The Morgan fingerprint density at radius 3 is 2.37 bits per heavy atom. The molecule has 6 rings (SSSR count). The third kappa shape index (κ3) is 4.37. The van der Waals surface area contributed by atoms with Crippen LogP contribution in [0.2, 0.25) is 0 Å². The van der Waals surface area contributed by atoms with Gasteiger partial charge in [0.1, 0.15) is 7.05 Å². The maximum Gasteiger partial charge on any atom is 0.213 e. The molecule has 2 atom stereocenters. The Morgan fingerprint density at radius 1 is 0.737 bits per heavy atom. The third-order valence-corrected chi connectivity index (χ3v) is 8.02. The third-order valence-electron chi connectivity index (χ3n) is 8.02. The molecule has 0 N–H and O–H groups in total. The molecule has 38 heavy (non-hydrogen) atoms. The molecule has 3 aromatic carbocycles. The smallest absolute Gasteiger partial charge is 0.201 e. The maximum absolute atomic E-state index is 4.27. The summed E-state index contributed by atoms with van der Waals surface area (Å²) in [4.78, 5) is 0. The minimum atomic E-state index is 0.225. The maximum atomic E-state index is 4.27. The van der Waals surface area contributed by atoms with Crippen LogP contribution in [-0.4, -0.2) is 0 Å². The summed E-state index contributed by atoms with van der Waals surface area (Å²) >= 11 is 0. The molecule has 0 aliphatic carbocycles. The summed E-state index contributed by atoms with van der Waals surface area (Å²) in [5, 5.41) is 0. The number of rotatable bonds is 6. The van der Waals surface area contributed by atoms with Gasteiger partial charge in [-0.3, -0.25) is 0 Å². The number of hydrogen-bond acceptors (Lipinski definition) is 0. The normalized spacial score (nSPS) is 15.9. The van der Waals surface area contributed by atoms with Crippen molar-refractivity contribution in [3.05, 3.63) is 145 Å². The number of pyridine rings is 2. The lowest BCUT2D eigenvalue weighted by atomic mass is 9.79. The van der Waals surface area contributed by atoms with Gasteiger partial charge in [0.2, 0.25) is 11.4 Å². The molecule has 0 saturated heterocycles. The monoisotopic (exact) mass is 494 g/mol. The molecule has 2 heteroatoms. The first-order valence-electron chi connectivity index (χ1n) is 13.5. The molecule has 5 aromatic rings. The van der Waals surface area contributed by atoms with Crippen molar-refractivity contribution < 1.29 is 9.13 Å². The van der Waals surface area contributed by atoms with Crippen molar-refractivity contribution in [3.63, 3.8) is 0 Å². The van der Waals surface area contributed by atoms with Gasteiger partial charge >= 0.3 is 0 Å². The van der Waals surface area contributed by atoms with Crippen LogP contribution in [-0.2, 0) is 13.5 Å². The lowest BCUT2D eigenvalue weighted by Crippen LogP contribution is -2.46. The molecule has 1 aliphatic rings. The summed E-state index contributed by atoms with van der Waals surface area (Å²) in [5.74, 6) is 0.358. The lowest BCUT2D eigenvalue weighted by molar-refractivity contribution is -0.707. The first-order valence-corrected chi connectivity index (χ1v) is 13.5. The standard InChI is InChI=1S/C36H34N2/c1-4-34-32(30-14-8-9-15-31(30)35-16-10-11-22-38(34)35)20-19-28-17-18-29(27-12-6-5-7-13-27)25-33(28)36-24-26(2)21-23-37(36)3/h4-18,21-25,32,34H,1,19-20H2,2-3H3/q+2. The number of hydrogen-bond donors (Lipinski definition) is 0. The van der Waals surface area contributed by atoms with Crippen molar-refractivity contribution in [2.75, 3.05) is 0 Å². The number of allylic oxidation sites excluding steroid dienone is 1. The zero-order valence-corrected chi connectivity index (χ0v) is 22.2. The lowest BCUT2D eigenvalue weighted by Gasteiger charge is -2.29. The summed E-state index contributed by atoms with van der Waals surface area (Å²) in [5.41, 5.74) is 11.7. The van der Waals surface area contributed by atoms with Crippen molar-refractivity contribution in [1.82, 2.24) is 0 Å². The molecule has 186 valence electrons. The summed E-state index contributed by atoms with van der Waals surface area (Å²) in [6.45, 7) is 6.44. The molecule has 0 fully saturated rings. The molecular formula is C36H34N2+2. The molecule has 1 aliphatic heterocycles. The second kappa shape index (κ2) is 10.2. The van der Waals surface area contributed by atoms with Crippen LogP contribution in [0.15, 0.2) is 128 Å². The van der Waals surface area contributed by atoms with Crippen molar-refractivity contribution in [2.45, 2.75) is 31.7 Å². The number of nitrogens with zero attached hydrogens (tertiary/aromatic N) is 2. The molecule has 0 saturated carbocycles. The zero-order valence-electron chi connectivity index (χ0n) is 22.2. The summed E-state index contributed by atoms with van der Waals surface area (Å²) < 4.78 is 4.65. The fourth-order valence-corrected chi connectivity index (χ4v) is 6.08. The van der Waals surface area contributed by atoms with Crippen LogP contribution in [0.5, 0.6) is 0 Å². The highest BCUT2D eigenvalue weighted by Gasteiger charge is 2.37. The first kappa shape index (κ1) is 24.1. The Balaban J connectivity index is 1.42. The van der Waals surface area contributed by atoms with E-state index in [0.717, 1.165) is 12.8 Å². The summed E-state index contributed by atoms with van der Waals surface area (Å²) in [6.07, 6.45) is 8.54. The SMILES string of the molecule is C=CC1C(CCc2ccc(-c3ccccc3)cc2-c2cc(C)cc[n+]2C)c2ccccc2-c2cccc[n+]21. The van der Waals surface area contributed by atoms with Gasteiger partial charge in [-0.05, 0) is 71.9 Å². The Kier molecular flexibility index (Phi) is 6.47. The molecule has 2 aromatic heterocycles. The number of aryl methyl sites for hydroxylation is 3. The fourth-order valence-electron chi connectivity index (χ4n) is 6.08. The second-order valence-corrected chi connectivity index (χ2v) is 10.4. The average molecular weight is 495 g/mol. The predicted octanol–water partition coefficient (Wildman–Crippen LogP) is 7.57. The van der Waals surface area contributed by atoms with Crippen LogP contribution in [0.4, 0.5) is 0 Å². The average Bonchev–Trinajstić information content (AvgIpc) is 2.97. The van der Waals surface area contributed by atoms with Gasteiger partial charge in [0.05, 0.1) is 5.92 Å². The highest BCUT2D eigenvalue weighted by Crippen LogP contribution is 2.41. The highest BCUT2D eigenvalue weighted by atomic mass is 15.0. The van der Waals surface area contributed by atoms with E-state index in [2.05, 4.69) is 151 Å². The highest BCUT2D eigenvalue weighted by molar-refractivity contribution is 5.73. The zero-order chi connectivity index (χ0) is 26.1. The molecule has 0 spiro atoms. The van der Waals surface area contributed by atoms with Gasteiger partial charge in [-0.2, -0.15) is 4.57 Å². The van der Waals surface area contributed by atoms with Gasteiger partial charge in [-0.15, -0.1) is 0 Å². The quantitative estimate of drug-likeness (QED) is 0.170. The van der Waals surface area contributed by atoms with Crippen LogP contribution in [0.1, 0.15) is 35.1 Å². The Morgan fingerprint density at radius 2 is 1.53 bits per heavy atom. The second-order valence-electron chi connectivity index (χ2n) is 10.4. The van der Waals surface area contributed by atoms with Crippen molar-refractivity contribution in [1.29, 1.82) is 0 Å². The van der Waals surface area contributed by atoms with Gasteiger partial charge in [0.25, 0.3) is 0 Å². The van der Waals surface area contributed by atoms with Gasteiger partial charge < -0.3 is 0 Å². The van der Waals surface area contributed by atoms with Crippen LogP contribution in [0.25, 0.3) is 33.6 Å². The van der Waals surface area contributed by atoms with E-state index in [4.69, 9.17) is 0 Å². The molecule has 0 bridgehead atoms. The summed E-state index contributed by atoms with van der Waals surface area (Å²) in [6, 6.07) is 37.8. The molecule has 0 radical (unpaired) electrons. The fraction of sp³-hybridized carbons (Fsp3) is 0.167. The van der Waals surface area contributed by atoms with Crippen LogP contribution in [0.3, 0.4) is 0 Å². The Hall–Kier alpha value is -4.30. The molecule has 0 amide bonds. The van der Waals surface area contributed by atoms with Crippen LogP contribution < -0.4 is 9.13 Å². The topological polar surface area (TPSA) is 7.76 Å². The number of aromatic nitrogens is 2. The van der Waals surface area contributed by atoms with E-state index in [-0.39, 0.29) is 6.04 Å². The van der Waals surface area contributed by atoms with Gasteiger partial charge in [-0.1, -0.05) is 67.2 Å². The van der Waals surface area contributed by atoms with E-state index in [1.165, 1.54) is 50.3 Å². The van der Waals surface area contributed by atoms with E-state index >= 15 is 0 Å². The number of benzene rings is 3. The van der Waals surface area contributed by atoms with E-state index in [9.17, 15) is 0 Å². The molecule has 2 nitrogen and oxygen atoms in total.